The Morgan fingerprint density at radius 2 is 0.977 bits per heavy atom. The first-order valence-corrected chi connectivity index (χ1v) is 17.1. The van der Waals surface area contributed by atoms with Gasteiger partial charge >= 0.3 is 0 Å². The minimum Gasteiger partial charge on any atom is -0.507 e. The van der Waals surface area contributed by atoms with E-state index in [0.29, 0.717) is 5.75 Å². The highest BCUT2D eigenvalue weighted by Crippen LogP contribution is 2.51. The number of ether oxygens (including phenoxy) is 2. The molecule has 2 aromatic carbocycles. The van der Waals surface area contributed by atoms with Gasteiger partial charge in [0.25, 0.3) is 0 Å². The summed E-state index contributed by atoms with van der Waals surface area (Å²) >= 11 is 3.60. The van der Waals surface area contributed by atoms with Crippen molar-refractivity contribution in [1.29, 1.82) is 0 Å². The SMILES string of the molecule is CC(C)(Sc1cc(C(C)(C)C)c(O)c(C(C)(C)C)c1)Sc1cc(C(C)(C)C)c(OCC2OC(O)[C@@H](O)[C@H]2O)c(C(C)(C)C)c1. The summed E-state index contributed by atoms with van der Waals surface area (Å²) in [6.45, 7) is 30.2. The van der Waals surface area contributed by atoms with Crippen LogP contribution in [0.25, 0.3) is 0 Å². The molecule has 8 heteroatoms. The minimum absolute atomic E-state index is 0.00234. The van der Waals surface area contributed by atoms with Crippen molar-refractivity contribution in [2.24, 2.45) is 0 Å². The highest BCUT2D eigenvalue weighted by molar-refractivity contribution is 8.18. The van der Waals surface area contributed by atoms with Gasteiger partial charge in [0.1, 0.15) is 36.4 Å². The lowest BCUT2D eigenvalue weighted by molar-refractivity contribution is -0.131. The molecule has 1 heterocycles. The van der Waals surface area contributed by atoms with Crippen LogP contribution in [-0.4, -0.2) is 55.7 Å². The van der Waals surface area contributed by atoms with Crippen LogP contribution in [0.3, 0.4) is 0 Å². The zero-order valence-corrected chi connectivity index (χ0v) is 30.9. The van der Waals surface area contributed by atoms with Crippen molar-refractivity contribution in [2.45, 2.75) is 157 Å². The molecule has 2 aromatic rings. The third-order valence-electron chi connectivity index (χ3n) is 7.83. The van der Waals surface area contributed by atoms with Crippen molar-refractivity contribution in [3.63, 3.8) is 0 Å². The lowest BCUT2D eigenvalue weighted by Crippen LogP contribution is -2.35. The van der Waals surface area contributed by atoms with E-state index in [1.54, 1.807) is 23.5 Å². The van der Waals surface area contributed by atoms with Crippen molar-refractivity contribution in [1.82, 2.24) is 0 Å². The first-order valence-electron chi connectivity index (χ1n) is 15.5. The first kappa shape index (κ1) is 37.0. The number of hydrogen-bond donors (Lipinski definition) is 4. The van der Waals surface area contributed by atoms with E-state index in [4.69, 9.17) is 9.47 Å². The lowest BCUT2D eigenvalue weighted by atomic mass is 9.79. The van der Waals surface area contributed by atoms with Gasteiger partial charge in [-0.3, -0.25) is 0 Å². The fraction of sp³-hybridized carbons (Fsp3) is 0.667. The van der Waals surface area contributed by atoms with Crippen LogP contribution in [0.5, 0.6) is 11.5 Å². The monoisotopic (exact) mass is 648 g/mol. The minimum atomic E-state index is -1.44. The maximum absolute atomic E-state index is 11.2. The Kier molecular flexibility index (Phi) is 10.6. The Hall–Kier alpha value is -1.42. The predicted molar refractivity (Wildman–Crippen MR) is 184 cm³/mol. The van der Waals surface area contributed by atoms with E-state index in [1.165, 1.54) is 0 Å². The summed E-state index contributed by atoms with van der Waals surface area (Å²) in [7, 11) is 0. The number of rotatable bonds is 7. The number of thioether (sulfide) groups is 2. The molecule has 0 radical (unpaired) electrons. The maximum atomic E-state index is 11.2. The largest absolute Gasteiger partial charge is 0.507 e. The lowest BCUT2D eigenvalue weighted by Gasteiger charge is -2.33. The normalized spacial score (nSPS) is 22.0. The number of benzene rings is 2. The molecule has 0 spiro atoms. The van der Waals surface area contributed by atoms with Crippen LogP contribution in [0.4, 0.5) is 0 Å². The molecule has 4 N–H and O–H groups in total. The second kappa shape index (κ2) is 12.6. The predicted octanol–water partition coefficient (Wildman–Crippen LogP) is 8.02. The average molecular weight is 649 g/mol. The molecule has 0 saturated carbocycles. The molecule has 248 valence electrons. The van der Waals surface area contributed by atoms with Gasteiger partial charge < -0.3 is 29.9 Å². The summed E-state index contributed by atoms with van der Waals surface area (Å²) in [6.07, 6.45) is -4.87. The van der Waals surface area contributed by atoms with Crippen LogP contribution in [-0.2, 0) is 26.4 Å². The topological polar surface area (TPSA) is 99.4 Å². The van der Waals surface area contributed by atoms with Gasteiger partial charge in [-0.2, -0.15) is 0 Å². The summed E-state index contributed by atoms with van der Waals surface area (Å²) in [5, 5.41) is 41.4. The molecule has 0 amide bonds. The van der Waals surface area contributed by atoms with Gasteiger partial charge in [0.15, 0.2) is 6.29 Å². The molecular formula is C36H56O6S2. The van der Waals surface area contributed by atoms with E-state index >= 15 is 0 Å². The molecule has 1 saturated heterocycles. The zero-order chi connectivity index (χ0) is 33.8. The number of aliphatic hydroxyl groups excluding tert-OH is 3. The highest BCUT2D eigenvalue weighted by Gasteiger charge is 2.42. The fourth-order valence-corrected chi connectivity index (χ4v) is 7.95. The Balaban J connectivity index is 2.03. The van der Waals surface area contributed by atoms with Crippen LogP contribution in [0, 0.1) is 0 Å². The van der Waals surface area contributed by atoms with Gasteiger partial charge in [-0.05, 0) is 59.8 Å². The molecular weight excluding hydrogens is 593 g/mol. The van der Waals surface area contributed by atoms with Gasteiger partial charge in [0.05, 0.1) is 4.08 Å². The van der Waals surface area contributed by atoms with Gasteiger partial charge in [0.2, 0.25) is 0 Å². The van der Waals surface area contributed by atoms with Crippen molar-refractivity contribution >= 4 is 23.5 Å². The molecule has 3 rings (SSSR count). The third kappa shape index (κ3) is 8.68. The van der Waals surface area contributed by atoms with Crippen LogP contribution in [0.1, 0.15) is 119 Å². The van der Waals surface area contributed by atoms with Gasteiger partial charge in [0, 0.05) is 32.0 Å². The summed E-state index contributed by atoms with van der Waals surface area (Å²) in [4.78, 5) is 2.25. The first-order chi connectivity index (χ1) is 19.7. The van der Waals surface area contributed by atoms with E-state index in [9.17, 15) is 20.4 Å². The van der Waals surface area contributed by atoms with Crippen molar-refractivity contribution < 1.29 is 29.9 Å². The summed E-state index contributed by atoms with van der Waals surface area (Å²) in [5.41, 5.74) is 3.08. The smallest absolute Gasteiger partial charge is 0.184 e. The molecule has 0 aliphatic carbocycles. The Morgan fingerprint density at radius 3 is 1.30 bits per heavy atom. The molecule has 1 aliphatic heterocycles. The standard InChI is InChI=1S/C36H56O6S2/c1-32(2,3)22-15-20(16-23(27(22)37)33(4,5)6)43-36(13,14)44-21-17-24(34(7,8)9)30(25(18-21)35(10,11)12)41-19-26-28(38)29(39)31(40)42-26/h15-18,26,28-29,31,37-40H,19H2,1-14H3/t26?,28-,29-,31?/m0/s1. The van der Waals surface area contributed by atoms with E-state index in [2.05, 4.69) is 121 Å². The van der Waals surface area contributed by atoms with Crippen LogP contribution in [0.15, 0.2) is 34.1 Å². The number of phenols is 1. The van der Waals surface area contributed by atoms with E-state index in [1.807, 2.05) is 0 Å². The Morgan fingerprint density at radius 1 is 0.614 bits per heavy atom. The quantitative estimate of drug-likeness (QED) is 0.177. The van der Waals surface area contributed by atoms with Gasteiger partial charge in [-0.25, -0.2) is 0 Å². The van der Waals surface area contributed by atoms with Gasteiger partial charge in [-0.15, -0.1) is 23.5 Å². The second-order valence-electron chi connectivity index (χ2n) is 16.7. The number of phenolic OH excluding ortho intramolecular Hbond substituents is 1. The summed E-state index contributed by atoms with van der Waals surface area (Å²) < 4.78 is 11.5. The van der Waals surface area contributed by atoms with E-state index in [-0.39, 0.29) is 32.3 Å². The van der Waals surface area contributed by atoms with Gasteiger partial charge in [-0.1, -0.05) is 83.1 Å². The average Bonchev–Trinajstić information content (AvgIpc) is 3.07. The molecule has 6 nitrogen and oxygen atoms in total. The fourth-order valence-electron chi connectivity index (χ4n) is 5.36. The van der Waals surface area contributed by atoms with E-state index in [0.717, 1.165) is 37.8 Å². The molecule has 44 heavy (non-hydrogen) atoms. The van der Waals surface area contributed by atoms with Crippen LogP contribution in [0.2, 0.25) is 0 Å². The molecule has 0 aromatic heterocycles. The van der Waals surface area contributed by atoms with Crippen molar-refractivity contribution in [3.8, 4) is 11.5 Å². The number of aliphatic hydroxyl groups is 3. The molecule has 1 fully saturated rings. The number of aromatic hydroxyl groups is 1. The molecule has 0 bridgehead atoms. The second-order valence-corrected chi connectivity index (χ2v) is 20.3. The number of hydrogen-bond acceptors (Lipinski definition) is 8. The van der Waals surface area contributed by atoms with Crippen molar-refractivity contribution in [2.75, 3.05) is 6.61 Å². The van der Waals surface area contributed by atoms with Crippen LogP contribution >= 0.6 is 23.5 Å². The zero-order valence-electron chi connectivity index (χ0n) is 29.2. The van der Waals surface area contributed by atoms with E-state index < -0.39 is 24.6 Å². The molecule has 1 aliphatic rings. The van der Waals surface area contributed by atoms with Crippen molar-refractivity contribution in [3.05, 3.63) is 46.5 Å². The molecule has 2 unspecified atom stereocenters. The Bertz CT molecular complexity index is 1250. The molecule has 4 atom stereocenters. The Labute approximate surface area is 274 Å². The third-order valence-corrected chi connectivity index (χ3v) is 10.3. The van der Waals surface area contributed by atoms with Crippen LogP contribution < -0.4 is 4.74 Å². The summed E-state index contributed by atoms with van der Waals surface area (Å²) in [6, 6.07) is 8.68. The summed E-state index contributed by atoms with van der Waals surface area (Å²) in [5.74, 6) is 1.13. The highest BCUT2D eigenvalue weighted by atomic mass is 32.2. The maximum Gasteiger partial charge on any atom is 0.184 e.